The zero-order valence-corrected chi connectivity index (χ0v) is 13.4. The van der Waals surface area contributed by atoms with Crippen LogP contribution in [0.1, 0.15) is 25.3 Å². The predicted molar refractivity (Wildman–Crippen MR) is 82.5 cm³/mol. The van der Waals surface area contributed by atoms with E-state index in [1.807, 2.05) is 0 Å². The summed E-state index contributed by atoms with van der Waals surface area (Å²) in [5.41, 5.74) is 1.91. The number of carbonyl (C=O) groups is 2. The first-order chi connectivity index (χ1) is 10.9. The van der Waals surface area contributed by atoms with Gasteiger partial charge in [0.1, 0.15) is 11.7 Å². The standard InChI is InChI=1S/C17H18FNO4/c1-9-13(16(20)22-3)15(11-5-7-12(18)8-6-11)14(10(2)19-9)17(21)23-4/h5-8,13,15H,1-4H3. The summed E-state index contributed by atoms with van der Waals surface area (Å²) < 4.78 is 22.9. The van der Waals surface area contributed by atoms with Crippen LogP contribution in [0.5, 0.6) is 0 Å². The third-order valence-electron chi connectivity index (χ3n) is 3.92. The van der Waals surface area contributed by atoms with E-state index in [2.05, 4.69) is 4.99 Å². The van der Waals surface area contributed by atoms with Crippen molar-refractivity contribution in [2.45, 2.75) is 19.8 Å². The Hall–Kier alpha value is -2.50. The molecule has 5 nitrogen and oxygen atoms in total. The molecular formula is C17H18FNO4. The molecule has 2 unspecified atom stereocenters. The van der Waals surface area contributed by atoms with Crippen molar-refractivity contribution in [3.8, 4) is 0 Å². The van der Waals surface area contributed by atoms with Crippen LogP contribution in [-0.2, 0) is 19.1 Å². The van der Waals surface area contributed by atoms with Gasteiger partial charge in [-0.2, -0.15) is 0 Å². The number of carbonyl (C=O) groups excluding carboxylic acids is 2. The van der Waals surface area contributed by atoms with E-state index in [1.165, 1.54) is 26.4 Å². The molecule has 0 aromatic heterocycles. The molecular weight excluding hydrogens is 301 g/mol. The highest BCUT2D eigenvalue weighted by molar-refractivity contribution is 6.06. The number of ether oxygens (including phenoxy) is 2. The van der Waals surface area contributed by atoms with Gasteiger partial charge in [0.2, 0.25) is 0 Å². The Kier molecular flexibility index (Phi) is 4.93. The zero-order valence-electron chi connectivity index (χ0n) is 13.4. The Balaban J connectivity index is 2.65. The minimum Gasteiger partial charge on any atom is -0.468 e. The summed E-state index contributed by atoms with van der Waals surface area (Å²) >= 11 is 0. The van der Waals surface area contributed by atoms with Gasteiger partial charge in [-0.1, -0.05) is 12.1 Å². The molecule has 6 heteroatoms. The van der Waals surface area contributed by atoms with Crippen LogP contribution in [0.2, 0.25) is 0 Å². The molecule has 122 valence electrons. The van der Waals surface area contributed by atoms with Crippen LogP contribution in [0.25, 0.3) is 0 Å². The summed E-state index contributed by atoms with van der Waals surface area (Å²) in [7, 11) is 2.54. The molecule has 0 spiro atoms. The van der Waals surface area contributed by atoms with Crippen LogP contribution in [-0.4, -0.2) is 31.9 Å². The fourth-order valence-electron chi connectivity index (χ4n) is 2.87. The lowest BCUT2D eigenvalue weighted by molar-refractivity contribution is -0.143. The van der Waals surface area contributed by atoms with Crippen LogP contribution in [0.4, 0.5) is 4.39 Å². The smallest absolute Gasteiger partial charge is 0.336 e. The summed E-state index contributed by atoms with van der Waals surface area (Å²) in [5, 5.41) is 0. The molecule has 1 heterocycles. The van der Waals surface area contributed by atoms with Crippen LogP contribution in [0.15, 0.2) is 40.5 Å². The van der Waals surface area contributed by atoms with Crippen LogP contribution >= 0.6 is 0 Å². The van der Waals surface area contributed by atoms with Gasteiger partial charge in [0.05, 0.1) is 19.8 Å². The summed E-state index contributed by atoms with van der Waals surface area (Å²) in [6, 6.07) is 5.67. The molecule has 0 bridgehead atoms. The van der Waals surface area contributed by atoms with Crippen molar-refractivity contribution in [3.05, 3.63) is 46.9 Å². The summed E-state index contributed by atoms with van der Waals surface area (Å²) in [4.78, 5) is 28.8. The molecule has 0 amide bonds. The molecule has 2 rings (SSSR count). The average molecular weight is 319 g/mol. The molecule has 1 aromatic rings. The van der Waals surface area contributed by atoms with Gasteiger partial charge < -0.3 is 9.47 Å². The summed E-state index contributed by atoms with van der Waals surface area (Å²) in [6.45, 7) is 3.38. The number of methoxy groups -OCH3 is 2. The number of nitrogens with zero attached hydrogens (tertiary/aromatic N) is 1. The number of aliphatic imine (C=N–C) groups is 1. The van der Waals surface area contributed by atoms with Crippen LogP contribution in [0, 0.1) is 11.7 Å². The monoisotopic (exact) mass is 319 g/mol. The molecule has 0 saturated heterocycles. The Bertz CT molecular complexity index is 691. The number of esters is 2. The number of allylic oxidation sites excluding steroid dienone is 1. The fraction of sp³-hybridized carbons (Fsp3) is 0.353. The largest absolute Gasteiger partial charge is 0.468 e. The van der Waals surface area contributed by atoms with Crippen molar-refractivity contribution in [1.29, 1.82) is 0 Å². The molecule has 0 N–H and O–H groups in total. The zero-order chi connectivity index (χ0) is 17.1. The molecule has 0 saturated carbocycles. The molecule has 1 aromatic carbocycles. The Morgan fingerprint density at radius 2 is 1.70 bits per heavy atom. The van der Waals surface area contributed by atoms with E-state index in [4.69, 9.17) is 9.47 Å². The highest BCUT2D eigenvalue weighted by Crippen LogP contribution is 2.39. The van der Waals surface area contributed by atoms with E-state index in [0.717, 1.165) is 0 Å². The van der Waals surface area contributed by atoms with E-state index in [-0.39, 0.29) is 5.57 Å². The van der Waals surface area contributed by atoms with Crippen molar-refractivity contribution in [3.63, 3.8) is 0 Å². The Morgan fingerprint density at radius 3 is 2.22 bits per heavy atom. The maximum Gasteiger partial charge on any atom is 0.336 e. The molecule has 23 heavy (non-hydrogen) atoms. The SMILES string of the molecule is COC(=O)C1=C(C)N=C(C)C(C(=O)OC)C1c1ccc(F)cc1. The second-order valence-electron chi connectivity index (χ2n) is 5.27. The van der Waals surface area contributed by atoms with Gasteiger partial charge >= 0.3 is 11.9 Å². The lowest BCUT2D eigenvalue weighted by Crippen LogP contribution is -2.36. The summed E-state index contributed by atoms with van der Waals surface area (Å²) in [5.74, 6) is -2.86. The quantitative estimate of drug-likeness (QED) is 0.803. The number of hydrogen-bond acceptors (Lipinski definition) is 5. The van der Waals surface area contributed by atoms with Crippen molar-refractivity contribution in [2.75, 3.05) is 14.2 Å². The molecule has 1 aliphatic heterocycles. The van der Waals surface area contributed by atoms with Gasteiger partial charge in [-0.3, -0.25) is 9.79 Å². The average Bonchev–Trinajstić information content (AvgIpc) is 2.53. The van der Waals surface area contributed by atoms with Gasteiger partial charge in [0, 0.05) is 17.3 Å². The third-order valence-corrected chi connectivity index (χ3v) is 3.92. The lowest BCUT2D eigenvalue weighted by atomic mass is 9.75. The minimum absolute atomic E-state index is 0.278. The molecule has 1 aliphatic rings. The van der Waals surface area contributed by atoms with Crippen molar-refractivity contribution >= 4 is 17.7 Å². The highest BCUT2D eigenvalue weighted by atomic mass is 19.1. The van der Waals surface area contributed by atoms with Crippen LogP contribution < -0.4 is 0 Å². The van der Waals surface area contributed by atoms with E-state index in [9.17, 15) is 14.0 Å². The minimum atomic E-state index is -0.761. The fourth-order valence-corrected chi connectivity index (χ4v) is 2.87. The first kappa shape index (κ1) is 16.9. The van der Waals surface area contributed by atoms with Crippen LogP contribution in [0.3, 0.4) is 0 Å². The first-order valence-corrected chi connectivity index (χ1v) is 7.08. The Morgan fingerprint density at radius 1 is 1.09 bits per heavy atom. The van der Waals surface area contributed by atoms with E-state index >= 15 is 0 Å². The highest BCUT2D eigenvalue weighted by Gasteiger charge is 2.41. The summed E-state index contributed by atoms with van der Waals surface area (Å²) in [6.07, 6.45) is 0. The van der Waals surface area contributed by atoms with Crippen molar-refractivity contribution < 1.29 is 23.5 Å². The second-order valence-corrected chi connectivity index (χ2v) is 5.27. The predicted octanol–water partition coefficient (Wildman–Crippen LogP) is 2.62. The van der Waals surface area contributed by atoms with Gasteiger partial charge in [-0.25, -0.2) is 9.18 Å². The first-order valence-electron chi connectivity index (χ1n) is 7.08. The molecule has 2 atom stereocenters. The normalized spacial score (nSPS) is 20.8. The topological polar surface area (TPSA) is 65.0 Å². The van der Waals surface area contributed by atoms with E-state index < -0.39 is 29.6 Å². The molecule has 0 radical (unpaired) electrons. The van der Waals surface area contributed by atoms with Crippen molar-refractivity contribution in [2.24, 2.45) is 10.9 Å². The molecule has 0 fully saturated rings. The molecule has 0 aliphatic carbocycles. The van der Waals surface area contributed by atoms with Gasteiger partial charge in [-0.05, 0) is 31.5 Å². The number of benzene rings is 1. The third kappa shape index (κ3) is 3.16. The number of halogens is 1. The Labute approximate surface area is 133 Å². The van der Waals surface area contributed by atoms with Gasteiger partial charge in [0.15, 0.2) is 0 Å². The number of hydrogen-bond donors (Lipinski definition) is 0. The van der Waals surface area contributed by atoms with Crippen molar-refractivity contribution in [1.82, 2.24) is 0 Å². The maximum atomic E-state index is 13.2. The lowest BCUT2D eigenvalue weighted by Gasteiger charge is -2.31. The van der Waals surface area contributed by atoms with E-state index in [0.29, 0.717) is 17.0 Å². The second kappa shape index (κ2) is 6.73. The maximum absolute atomic E-state index is 13.2. The van der Waals surface area contributed by atoms with E-state index in [1.54, 1.807) is 26.0 Å². The van der Waals surface area contributed by atoms with Gasteiger partial charge in [-0.15, -0.1) is 0 Å². The van der Waals surface area contributed by atoms with Gasteiger partial charge in [0.25, 0.3) is 0 Å². The number of rotatable bonds is 3.